The van der Waals surface area contributed by atoms with Gasteiger partial charge in [0.15, 0.2) is 0 Å². The summed E-state index contributed by atoms with van der Waals surface area (Å²) >= 11 is 0. The van der Waals surface area contributed by atoms with E-state index in [4.69, 9.17) is 6.92 Å². The lowest BCUT2D eigenvalue weighted by molar-refractivity contribution is 0.547. The number of unbranched alkanes of at least 4 members (excludes halogenated alkanes) is 12. The van der Waals surface area contributed by atoms with Crippen molar-refractivity contribution in [2.24, 2.45) is 0 Å². The van der Waals surface area contributed by atoms with E-state index in [0.717, 1.165) is 12.8 Å². The minimum Gasteiger partial charge on any atom is -0.0533 e. The topological polar surface area (TPSA) is 0 Å². The molecular weight excluding hydrogens is 180 g/mol. The van der Waals surface area contributed by atoms with Crippen molar-refractivity contribution in [3.05, 3.63) is 13.8 Å². The van der Waals surface area contributed by atoms with Crippen LogP contribution < -0.4 is 0 Å². The Kier molecular flexibility index (Phi) is 14.0. The van der Waals surface area contributed by atoms with E-state index < -0.39 is 0 Å². The molecule has 0 aromatic rings. The third-order valence-electron chi connectivity index (χ3n) is 2.95. The minimum absolute atomic E-state index is 0.867. The maximum Gasteiger partial charge on any atom is -0.0352 e. The molecule has 0 amide bonds. The Bertz CT molecular complexity index is 84.2. The van der Waals surface area contributed by atoms with Gasteiger partial charge in [-0.05, 0) is 13.3 Å². The molecule has 0 aromatic carbocycles. The van der Waals surface area contributed by atoms with Gasteiger partial charge in [-0.3, -0.25) is 0 Å². The molecule has 0 aliphatic heterocycles. The highest BCUT2D eigenvalue weighted by atomic mass is 14.0. The first-order valence-electron chi connectivity index (χ1n) is 6.91. The van der Waals surface area contributed by atoms with Gasteiger partial charge in [0.25, 0.3) is 0 Å². The number of hydrogen-bond donors (Lipinski definition) is 0. The Hall–Kier alpha value is 0. The Balaban J connectivity index is 2.81. The lowest BCUT2D eigenvalue weighted by Crippen LogP contribution is -1.82. The molecule has 0 atom stereocenters. The van der Waals surface area contributed by atoms with Crippen LogP contribution in [0.3, 0.4) is 0 Å². The van der Waals surface area contributed by atoms with Crippen LogP contribution >= 0.6 is 0 Å². The fraction of sp³-hybridized carbons (Fsp3) is 0.867. The molecule has 0 unspecified atom stereocenters. The van der Waals surface area contributed by atoms with E-state index in [1.54, 1.807) is 0 Å². The standard InChI is InChI=1S/C15H29/c1-3-5-7-9-11-13-15-14-12-10-8-6-4-2/h1H,2-15H2. The monoisotopic (exact) mass is 209 g/mol. The lowest BCUT2D eigenvalue weighted by Gasteiger charge is -2.01. The van der Waals surface area contributed by atoms with Crippen LogP contribution in [0.25, 0.3) is 0 Å². The molecule has 0 rings (SSSR count). The van der Waals surface area contributed by atoms with Crippen molar-refractivity contribution in [1.29, 1.82) is 0 Å². The first kappa shape index (κ1) is 15.0. The van der Waals surface area contributed by atoms with E-state index in [9.17, 15) is 0 Å². The third-order valence-corrected chi connectivity index (χ3v) is 2.95. The Morgan fingerprint density at radius 3 is 1.20 bits per heavy atom. The predicted molar refractivity (Wildman–Crippen MR) is 69.7 cm³/mol. The summed E-state index contributed by atoms with van der Waals surface area (Å²) in [6.07, 6.45) is 17.2. The van der Waals surface area contributed by atoms with Gasteiger partial charge in [-0.2, -0.15) is 0 Å². The average Bonchev–Trinajstić information content (AvgIpc) is 2.26. The summed E-state index contributed by atoms with van der Waals surface area (Å²) in [4.78, 5) is 0. The molecule has 0 nitrogen and oxygen atoms in total. The van der Waals surface area contributed by atoms with Gasteiger partial charge in [0.1, 0.15) is 0 Å². The SMILES string of the molecule is [CH]CCCCCCCCCCCCC[CH2]. The summed E-state index contributed by atoms with van der Waals surface area (Å²) in [6, 6.07) is 0. The van der Waals surface area contributed by atoms with Crippen LogP contribution in [0.15, 0.2) is 0 Å². The van der Waals surface area contributed by atoms with Crippen LogP contribution in [0.1, 0.15) is 83.5 Å². The summed E-state index contributed by atoms with van der Waals surface area (Å²) < 4.78 is 0. The molecule has 0 aromatic heterocycles. The Labute approximate surface area is 97.8 Å². The molecule has 3 radical (unpaired) electrons. The van der Waals surface area contributed by atoms with Crippen molar-refractivity contribution >= 4 is 0 Å². The van der Waals surface area contributed by atoms with Gasteiger partial charge in [0.05, 0.1) is 0 Å². The zero-order valence-electron chi connectivity index (χ0n) is 10.5. The highest BCUT2D eigenvalue weighted by molar-refractivity contribution is 4.49. The van der Waals surface area contributed by atoms with Crippen LogP contribution in [0, 0.1) is 13.8 Å². The van der Waals surface area contributed by atoms with E-state index >= 15 is 0 Å². The molecule has 0 spiro atoms. The van der Waals surface area contributed by atoms with Crippen molar-refractivity contribution in [2.45, 2.75) is 83.5 Å². The molecule has 89 valence electrons. The molecule has 0 fully saturated rings. The maximum atomic E-state index is 5.44. The summed E-state index contributed by atoms with van der Waals surface area (Å²) in [5.41, 5.74) is 0. The summed E-state index contributed by atoms with van der Waals surface area (Å²) in [5.74, 6) is 0. The molecule has 0 heteroatoms. The van der Waals surface area contributed by atoms with Gasteiger partial charge in [-0.15, -0.1) is 0 Å². The van der Waals surface area contributed by atoms with Crippen molar-refractivity contribution in [2.75, 3.05) is 0 Å². The van der Waals surface area contributed by atoms with Crippen LogP contribution in [0.4, 0.5) is 0 Å². The highest BCUT2D eigenvalue weighted by Gasteiger charge is 1.92. The highest BCUT2D eigenvalue weighted by Crippen LogP contribution is 2.12. The fourth-order valence-corrected chi connectivity index (χ4v) is 1.91. The van der Waals surface area contributed by atoms with Crippen LogP contribution in [-0.2, 0) is 0 Å². The molecule has 0 bridgehead atoms. The van der Waals surface area contributed by atoms with Crippen molar-refractivity contribution < 1.29 is 0 Å². The van der Waals surface area contributed by atoms with E-state index in [1.807, 2.05) is 0 Å². The minimum atomic E-state index is 0.867. The van der Waals surface area contributed by atoms with Crippen molar-refractivity contribution in [3.8, 4) is 0 Å². The van der Waals surface area contributed by atoms with Gasteiger partial charge < -0.3 is 0 Å². The molecule has 0 saturated heterocycles. The predicted octanol–water partition coefficient (Wildman–Crippen LogP) is 5.60. The van der Waals surface area contributed by atoms with E-state index in [2.05, 4.69) is 6.92 Å². The van der Waals surface area contributed by atoms with Gasteiger partial charge >= 0.3 is 0 Å². The normalized spacial score (nSPS) is 10.8. The van der Waals surface area contributed by atoms with E-state index in [-0.39, 0.29) is 0 Å². The van der Waals surface area contributed by atoms with Gasteiger partial charge in [-0.1, -0.05) is 84.0 Å². The fourth-order valence-electron chi connectivity index (χ4n) is 1.91. The molecule has 0 aliphatic rings. The first-order valence-corrected chi connectivity index (χ1v) is 6.91. The smallest absolute Gasteiger partial charge is 0.0352 e. The third kappa shape index (κ3) is 14.0. The number of hydrogen-bond acceptors (Lipinski definition) is 0. The van der Waals surface area contributed by atoms with Gasteiger partial charge in [-0.25, -0.2) is 0 Å². The molecule has 0 heterocycles. The molecular formula is C15H29. The summed E-state index contributed by atoms with van der Waals surface area (Å²) in [7, 11) is 0. The second kappa shape index (κ2) is 14.0. The second-order valence-electron chi connectivity index (χ2n) is 4.53. The first-order chi connectivity index (χ1) is 7.41. The quantitative estimate of drug-likeness (QED) is 0.367. The van der Waals surface area contributed by atoms with Crippen LogP contribution in [0.2, 0.25) is 0 Å². The zero-order valence-corrected chi connectivity index (χ0v) is 10.5. The largest absolute Gasteiger partial charge is 0.0533 e. The molecule has 0 N–H and O–H groups in total. The van der Waals surface area contributed by atoms with Gasteiger partial charge in [0.2, 0.25) is 0 Å². The summed E-state index contributed by atoms with van der Waals surface area (Å²) in [5, 5.41) is 0. The lowest BCUT2D eigenvalue weighted by atomic mass is 10.1. The maximum absolute atomic E-state index is 5.44. The van der Waals surface area contributed by atoms with E-state index in [0.29, 0.717) is 0 Å². The second-order valence-corrected chi connectivity index (χ2v) is 4.53. The number of rotatable bonds is 12. The Morgan fingerprint density at radius 1 is 0.533 bits per heavy atom. The Morgan fingerprint density at radius 2 is 0.867 bits per heavy atom. The molecule has 0 saturated carbocycles. The van der Waals surface area contributed by atoms with Crippen molar-refractivity contribution in [1.82, 2.24) is 0 Å². The molecule has 0 aliphatic carbocycles. The molecule has 15 heavy (non-hydrogen) atoms. The zero-order chi connectivity index (χ0) is 11.2. The summed E-state index contributed by atoms with van der Waals surface area (Å²) in [6.45, 7) is 9.30. The van der Waals surface area contributed by atoms with Crippen LogP contribution in [0.5, 0.6) is 0 Å². The van der Waals surface area contributed by atoms with Gasteiger partial charge in [0, 0.05) is 0 Å². The van der Waals surface area contributed by atoms with E-state index in [1.165, 1.54) is 70.6 Å². The average molecular weight is 209 g/mol. The van der Waals surface area contributed by atoms with Crippen LogP contribution in [-0.4, -0.2) is 0 Å². The van der Waals surface area contributed by atoms with Crippen molar-refractivity contribution in [3.63, 3.8) is 0 Å².